The second-order valence-corrected chi connectivity index (χ2v) is 5.50. The lowest BCUT2D eigenvalue weighted by Crippen LogP contribution is -2.22. The van der Waals surface area contributed by atoms with Crippen LogP contribution in [-0.2, 0) is 0 Å². The number of aromatic nitrogens is 1. The lowest BCUT2D eigenvalue weighted by atomic mass is 10.1. The summed E-state index contributed by atoms with van der Waals surface area (Å²) in [4.78, 5) is 4.75. The number of hydrogen-bond donors (Lipinski definition) is 2. The van der Waals surface area contributed by atoms with Gasteiger partial charge in [0.05, 0.1) is 5.52 Å². The molecule has 1 aliphatic heterocycles. The number of aryl methyl sites for hydroxylation is 1. The summed E-state index contributed by atoms with van der Waals surface area (Å²) in [6.07, 6.45) is 0. The Morgan fingerprint density at radius 2 is 2.00 bits per heavy atom. The van der Waals surface area contributed by atoms with Crippen molar-refractivity contribution in [2.24, 2.45) is 11.8 Å². The summed E-state index contributed by atoms with van der Waals surface area (Å²) >= 11 is 0. The van der Waals surface area contributed by atoms with Gasteiger partial charge in [-0.15, -0.1) is 0 Å². The van der Waals surface area contributed by atoms with Crippen molar-refractivity contribution in [1.29, 1.82) is 0 Å². The molecule has 2 fully saturated rings. The molecule has 1 aromatic carbocycles. The fourth-order valence-corrected chi connectivity index (χ4v) is 3.16. The van der Waals surface area contributed by atoms with Gasteiger partial charge in [0.2, 0.25) is 0 Å². The highest BCUT2D eigenvalue weighted by Gasteiger charge is 2.53. The summed E-state index contributed by atoms with van der Waals surface area (Å²) < 4.78 is 0. The van der Waals surface area contributed by atoms with E-state index in [-0.39, 0.29) is 0 Å². The van der Waals surface area contributed by atoms with E-state index in [2.05, 4.69) is 41.8 Å². The quantitative estimate of drug-likeness (QED) is 0.843. The average Bonchev–Trinajstić information content (AvgIpc) is 2.83. The molecule has 2 aromatic rings. The number of piperidine rings is 1. The summed E-state index contributed by atoms with van der Waals surface area (Å²) in [6, 6.07) is 11.2. The fraction of sp³-hybridized carbons (Fsp3) is 0.400. The summed E-state index contributed by atoms with van der Waals surface area (Å²) in [5.74, 6) is 2.70. The lowest BCUT2D eigenvalue weighted by molar-refractivity contribution is 0.695. The van der Waals surface area contributed by atoms with E-state index >= 15 is 0 Å². The third kappa shape index (κ3) is 1.51. The third-order valence-corrected chi connectivity index (χ3v) is 4.31. The average molecular weight is 239 g/mol. The summed E-state index contributed by atoms with van der Waals surface area (Å²) in [5, 5.41) is 8.27. The van der Waals surface area contributed by atoms with Gasteiger partial charge >= 0.3 is 0 Å². The molecule has 3 nitrogen and oxygen atoms in total. The van der Waals surface area contributed by atoms with Gasteiger partial charge in [0.25, 0.3) is 0 Å². The van der Waals surface area contributed by atoms with E-state index in [1.807, 2.05) is 6.07 Å². The molecule has 1 saturated heterocycles. The molecule has 0 radical (unpaired) electrons. The second-order valence-electron chi connectivity index (χ2n) is 5.50. The van der Waals surface area contributed by atoms with E-state index in [1.54, 1.807) is 0 Å². The lowest BCUT2D eigenvalue weighted by Gasteiger charge is -2.11. The number of benzene rings is 1. The van der Waals surface area contributed by atoms with Crippen molar-refractivity contribution in [2.45, 2.75) is 13.0 Å². The van der Waals surface area contributed by atoms with Gasteiger partial charge in [-0.05, 0) is 36.5 Å². The Morgan fingerprint density at radius 3 is 2.83 bits per heavy atom. The van der Waals surface area contributed by atoms with E-state index < -0.39 is 0 Å². The van der Waals surface area contributed by atoms with Crippen LogP contribution in [0.1, 0.15) is 5.56 Å². The first kappa shape index (κ1) is 10.3. The van der Waals surface area contributed by atoms with E-state index in [1.165, 1.54) is 10.9 Å². The van der Waals surface area contributed by atoms with Gasteiger partial charge in [-0.1, -0.05) is 18.2 Å². The fourth-order valence-electron chi connectivity index (χ4n) is 3.16. The molecule has 0 bridgehead atoms. The predicted molar refractivity (Wildman–Crippen MR) is 73.7 cm³/mol. The minimum absolute atomic E-state index is 0.638. The molecule has 0 amide bonds. The zero-order chi connectivity index (χ0) is 12.1. The molecule has 2 aliphatic rings. The third-order valence-electron chi connectivity index (χ3n) is 4.31. The minimum Gasteiger partial charge on any atom is -0.366 e. The maximum Gasteiger partial charge on any atom is 0.129 e. The Balaban J connectivity index is 1.66. The second kappa shape index (κ2) is 3.69. The zero-order valence-electron chi connectivity index (χ0n) is 10.5. The van der Waals surface area contributed by atoms with Gasteiger partial charge in [0.1, 0.15) is 5.82 Å². The largest absolute Gasteiger partial charge is 0.366 e. The maximum atomic E-state index is 4.75. The van der Waals surface area contributed by atoms with Crippen LogP contribution in [0, 0.1) is 18.8 Å². The summed E-state index contributed by atoms with van der Waals surface area (Å²) in [6.45, 7) is 4.46. The molecule has 2 N–H and O–H groups in total. The molecule has 1 saturated carbocycles. The highest BCUT2D eigenvalue weighted by Crippen LogP contribution is 2.43. The number of para-hydroxylation sites is 1. The molecule has 0 spiro atoms. The van der Waals surface area contributed by atoms with Crippen LogP contribution in [0.15, 0.2) is 30.3 Å². The highest BCUT2D eigenvalue weighted by atomic mass is 15.1. The molecule has 2 unspecified atom stereocenters. The molecule has 3 heteroatoms. The SMILES string of the molecule is Cc1cc2ccccc2nc1NC1C2CNCC21. The standard InChI is InChI=1S/C15H17N3/c1-9-6-10-4-2-3-5-13(10)17-15(9)18-14-11-7-16-8-12(11)14/h2-6,11-12,14,16H,7-8H2,1H3,(H,17,18). The number of nitrogens with one attached hydrogen (secondary N) is 2. The first-order valence-corrected chi connectivity index (χ1v) is 6.66. The number of fused-ring (bicyclic) bond motifs is 2. The predicted octanol–water partition coefficient (Wildman–Crippen LogP) is 2.17. The first-order chi connectivity index (χ1) is 8.83. The molecule has 1 aliphatic carbocycles. The van der Waals surface area contributed by atoms with Crippen molar-refractivity contribution in [3.05, 3.63) is 35.9 Å². The van der Waals surface area contributed by atoms with Gasteiger partial charge in [-0.2, -0.15) is 0 Å². The Hall–Kier alpha value is -1.61. The van der Waals surface area contributed by atoms with Crippen molar-refractivity contribution < 1.29 is 0 Å². The minimum atomic E-state index is 0.638. The van der Waals surface area contributed by atoms with E-state index in [9.17, 15) is 0 Å². The van der Waals surface area contributed by atoms with Crippen LogP contribution in [0.4, 0.5) is 5.82 Å². The van der Waals surface area contributed by atoms with Crippen molar-refractivity contribution in [2.75, 3.05) is 18.4 Å². The molecule has 1 aromatic heterocycles. The molecule has 4 rings (SSSR count). The summed E-state index contributed by atoms with van der Waals surface area (Å²) in [7, 11) is 0. The van der Waals surface area contributed by atoms with Crippen LogP contribution in [0.2, 0.25) is 0 Å². The Bertz CT molecular complexity index is 598. The topological polar surface area (TPSA) is 37.0 Å². The van der Waals surface area contributed by atoms with Gasteiger partial charge in [0.15, 0.2) is 0 Å². The van der Waals surface area contributed by atoms with Gasteiger partial charge in [-0.3, -0.25) is 0 Å². The molecule has 2 heterocycles. The first-order valence-electron chi connectivity index (χ1n) is 6.66. The number of anilines is 1. The molecule has 18 heavy (non-hydrogen) atoms. The van der Waals surface area contributed by atoms with Gasteiger partial charge in [-0.25, -0.2) is 4.98 Å². The van der Waals surface area contributed by atoms with E-state index in [4.69, 9.17) is 4.98 Å². The van der Waals surface area contributed by atoms with Gasteiger partial charge in [0, 0.05) is 24.5 Å². The zero-order valence-corrected chi connectivity index (χ0v) is 10.5. The van der Waals surface area contributed by atoms with Crippen LogP contribution < -0.4 is 10.6 Å². The van der Waals surface area contributed by atoms with E-state index in [0.717, 1.165) is 36.3 Å². The van der Waals surface area contributed by atoms with E-state index in [0.29, 0.717) is 6.04 Å². The summed E-state index contributed by atoms with van der Waals surface area (Å²) in [5.41, 5.74) is 2.32. The van der Waals surface area contributed by atoms with Crippen LogP contribution in [0.25, 0.3) is 10.9 Å². The molecular weight excluding hydrogens is 222 g/mol. The maximum absolute atomic E-state index is 4.75. The van der Waals surface area contributed by atoms with Crippen LogP contribution in [0.5, 0.6) is 0 Å². The van der Waals surface area contributed by atoms with Crippen molar-refractivity contribution in [3.63, 3.8) is 0 Å². The molecule has 2 atom stereocenters. The molecular formula is C15H17N3. The van der Waals surface area contributed by atoms with Crippen LogP contribution in [0.3, 0.4) is 0 Å². The van der Waals surface area contributed by atoms with Crippen LogP contribution in [-0.4, -0.2) is 24.1 Å². The Morgan fingerprint density at radius 1 is 1.22 bits per heavy atom. The molecule has 92 valence electrons. The van der Waals surface area contributed by atoms with Crippen molar-refractivity contribution in [3.8, 4) is 0 Å². The Kier molecular flexibility index (Phi) is 2.12. The normalized spacial score (nSPS) is 29.3. The Labute approximate surface area is 107 Å². The highest BCUT2D eigenvalue weighted by molar-refractivity contribution is 5.81. The van der Waals surface area contributed by atoms with Crippen LogP contribution >= 0.6 is 0 Å². The number of rotatable bonds is 2. The number of hydrogen-bond acceptors (Lipinski definition) is 3. The number of nitrogens with zero attached hydrogens (tertiary/aromatic N) is 1. The number of pyridine rings is 1. The van der Waals surface area contributed by atoms with Gasteiger partial charge < -0.3 is 10.6 Å². The van der Waals surface area contributed by atoms with Crippen molar-refractivity contribution >= 4 is 16.7 Å². The van der Waals surface area contributed by atoms with Crippen molar-refractivity contribution in [1.82, 2.24) is 10.3 Å². The monoisotopic (exact) mass is 239 g/mol. The smallest absolute Gasteiger partial charge is 0.129 e.